The first kappa shape index (κ1) is 8.66. The summed E-state index contributed by atoms with van der Waals surface area (Å²) < 4.78 is 0. The summed E-state index contributed by atoms with van der Waals surface area (Å²) in [4.78, 5) is 0. The van der Waals surface area contributed by atoms with E-state index in [0.717, 1.165) is 24.1 Å². The number of nitrogens with one attached hydrogen (secondary N) is 1. The normalized spacial score (nSPS) is 15.5. The van der Waals surface area contributed by atoms with Crippen molar-refractivity contribution < 1.29 is 10.2 Å². The Morgan fingerprint density at radius 2 is 2.00 bits per heavy atom. The molecule has 13 heavy (non-hydrogen) atoms. The molecule has 3 nitrogen and oxygen atoms in total. The Kier molecular flexibility index (Phi) is 2.06. The van der Waals surface area contributed by atoms with Crippen LogP contribution in [0.25, 0.3) is 0 Å². The maximum Gasteiger partial charge on any atom is 0.138 e. The van der Waals surface area contributed by atoms with Crippen LogP contribution in [0, 0.1) is 0 Å². The van der Waals surface area contributed by atoms with Crippen LogP contribution in [-0.2, 0) is 13.0 Å². The zero-order valence-corrected chi connectivity index (χ0v) is 7.73. The first-order valence-corrected chi connectivity index (χ1v) is 4.51. The third kappa shape index (κ3) is 1.34. The molecule has 1 aromatic carbocycles. The van der Waals surface area contributed by atoms with E-state index in [0.29, 0.717) is 11.6 Å². The highest BCUT2D eigenvalue weighted by molar-refractivity contribution is 6.33. The third-order valence-corrected chi connectivity index (χ3v) is 2.71. The van der Waals surface area contributed by atoms with Crippen molar-refractivity contribution >= 4 is 11.6 Å². The molecule has 1 aromatic rings. The fourth-order valence-corrected chi connectivity index (χ4v) is 1.87. The van der Waals surface area contributed by atoms with Crippen molar-refractivity contribution in [2.75, 3.05) is 6.54 Å². The van der Waals surface area contributed by atoms with E-state index in [2.05, 4.69) is 5.32 Å². The molecule has 1 aliphatic rings. The number of aromatic hydroxyl groups is 2. The Balaban J connectivity index is 2.63. The van der Waals surface area contributed by atoms with Crippen LogP contribution in [0.15, 0.2) is 6.07 Å². The van der Waals surface area contributed by atoms with Crippen molar-refractivity contribution in [3.63, 3.8) is 0 Å². The average molecular weight is 200 g/mol. The zero-order valence-electron chi connectivity index (χ0n) is 6.97. The van der Waals surface area contributed by atoms with E-state index in [-0.39, 0.29) is 11.5 Å². The van der Waals surface area contributed by atoms with E-state index in [1.165, 1.54) is 6.07 Å². The van der Waals surface area contributed by atoms with Crippen LogP contribution in [0.2, 0.25) is 5.02 Å². The van der Waals surface area contributed by atoms with Crippen molar-refractivity contribution in [1.82, 2.24) is 5.32 Å². The molecule has 70 valence electrons. The second-order valence-electron chi connectivity index (χ2n) is 3.11. The summed E-state index contributed by atoms with van der Waals surface area (Å²) in [7, 11) is 0. The molecule has 3 N–H and O–H groups in total. The summed E-state index contributed by atoms with van der Waals surface area (Å²) in [5, 5.41) is 22.3. The zero-order chi connectivity index (χ0) is 9.42. The molecule has 0 aromatic heterocycles. The van der Waals surface area contributed by atoms with Gasteiger partial charge in [0.15, 0.2) is 0 Å². The van der Waals surface area contributed by atoms with Gasteiger partial charge >= 0.3 is 0 Å². The molecule has 1 aliphatic heterocycles. The largest absolute Gasteiger partial charge is 0.507 e. The van der Waals surface area contributed by atoms with E-state index >= 15 is 0 Å². The molecule has 0 fully saturated rings. The van der Waals surface area contributed by atoms with Crippen LogP contribution < -0.4 is 5.32 Å². The second kappa shape index (κ2) is 3.09. The van der Waals surface area contributed by atoms with Gasteiger partial charge in [0.2, 0.25) is 0 Å². The van der Waals surface area contributed by atoms with Crippen molar-refractivity contribution in [1.29, 1.82) is 0 Å². The number of rotatable bonds is 0. The Labute approximate surface area is 81.0 Å². The number of benzene rings is 1. The highest BCUT2D eigenvalue weighted by atomic mass is 35.5. The van der Waals surface area contributed by atoms with Crippen LogP contribution in [0.3, 0.4) is 0 Å². The molecule has 2 rings (SSSR count). The van der Waals surface area contributed by atoms with Gasteiger partial charge < -0.3 is 15.5 Å². The standard InChI is InChI=1S/C9H10ClNO2/c10-9-5-1-2-11-4-6(5)7(12)3-8(9)13/h3,11-13H,1-2,4H2. The summed E-state index contributed by atoms with van der Waals surface area (Å²) in [5.74, 6) is 0.0731. The van der Waals surface area contributed by atoms with Crippen molar-refractivity contribution in [3.8, 4) is 11.5 Å². The first-order chi connectivity index (χ1) is 6.20. The van der Waals surface area contributed by atoms with Crippen LogP contribution in [0.4, 0.5) is 0 Å². The quantitative estimate of drug-likeness (QED) is 0.592. The number of hydrogen-bond acceptors (Lipinski definition) is 3. The van der Waals surface area contributed by atoms with Gasteiger partial charge in [-0.3, -0.25) is 0 Å². The van der Waals surface area contributed by atoms with Crippen LogP contribution in [0.1, 0.15) is 11.1 Å². The summed E-state index contributed by atoms with van der Waals surface area (Å²) >= 11 is 5.89. The van der Waals surface area contributed by atoms with Gasteiger partial charge in [-0.2, -0.15) is 0 Å². The average Bonchev–Trinajstić information content (AvgIpc) is 2.15. The predicted octanol–water partition coefficient (Wildman–Crippen LogP) is 1.40. The lowest BCUT2D eigenvalue weighted by Gasteiger charge is -2.19. The van der Waals surface area contributed by atoms with E-state index < -0.39 is 0 Å². The predicted molar refractivity (Wildman–Crippen MR) is 50.2 cm³/mol. The Morgan fingerprint density at radius 1 is 1.23 bits per heavy atom. The molecule has 0 bridgehead atoms. The van der Waals surface area contributed by atoms with Crippen molar-refractivity contribution in [3.05, 3.63) is 22.2 Å². The summed E-state index contributed by atoms with van der Waals surface area (Å²) in [6.07, 6.45) is 0.746. The monoisotopic (exact) mass is 199 g/mol. The minimum absolute atomic E-state index is 0.0418. The molecule has 1 heterocycles. The van der Waals surface area contributed by atoms with Gasteiger partial charge in [0, 0.05) is 18.2 Å². The molecule has 0 radical (unpaired) electrons. The van der Waals surface area contributed by atoms with Gasteiger partial charge in [0.1, 0.15) is 11.5 Å². The molecule has 0 atom stereocenters. The number of phenolic OH excluding ortho intramolecular Hbond substituents is 2. The molecule has 0 saturated carbocycles. The summed E-state index contributed by atoms with van der Waals surface area (Å²) in [5.41, 5.74) is 1.66. The Bertz CT molecular complexity index is 352. The number of halogens is 1. The van der Waals surface area contributed by atoms with Gasteiger partial charge in [-0.1, -0.05) is 11.6 Å². The fraction of sp³-hybridized carbons (Fsp3) is 0.333. The van der Waals surface area contributed by atoms with Crippen molar-refractivity contribution in [2.45, 2.75) is 13.0 Å². The molecule has 0 amide bonds. The topological polar surface area (TPSA) is 52.5 Å². The minimum atomic E-state index is -0.0418. The minimum Gasteiger partial charge on any atom is -0.507 e. The van der Waals surface area contributed by atoms with E-state index in [1.54, 1.807) is 0 Å². The molecule has 0 unspecified atom stereocenters. The molecule has 0 aliphatic carbocycles. The number of hydrogen-bond donors (Lipinski definition) is 3. The van der Waals surface area contributed by atoms with Crippen LogP contribution in [-0.4, -0.2) is 16.8 Å². The lowest BCUT2D eigenvalue weighted by Crippen LogP contribution is -2.23. The molecule has 4 heteroatoms. The Morgan fingerprint density at radius 3 is 2.77 bits per heavy atom. The summed E-state index contributed by atoms with van der Waals surface area (Å²) in [6, 6.07) is 1.29. The van der Waals surface area contributed by atoms with Gasteiger partial charge in [0.25, 0.3) is 0 Å². The van der Waals surface area contributed by atoms with E-state index in [1.807, 2.05) is 0 Å². The maximum absolute atomic E-state index is 9.50. The lowest BCUT2D eigenvalue weighted by atomic mass is 9.99. The maximum atomic E-state index is 9.50. The van der Waals surface area contributed by atoms with E-state index in [9.17, 15) is 10.2 Å². The highest BCUT2D eigenvalue weighted by Gasteiger charge is 2.18. The molecule has 0 spiro atoms. The van der Waals surface area contributed by atoms with Gasteiger partial charge in [0.05, 0.1) is 5.02 Å². The van der Waals surface area contributed by atoms with Gasteiger partial charge in [-0.05, 0) is 18.5 Å². The van der Waals surface area contributed by atoms with Crippen LogP contribution in [0.5, 0.6) is 11.5 Å². The molecule has 0 saturated heterocycles. The van der Waals surface area contributed by atoms with Crippen LogP contribution >= 0.6 is 11.6 Å². The molecular weight excluding hydrogens is 190 g/mol. The Hall–Kier alpha value is -0.930. The summed E-state index contributed by atoms with van der Waals surface area (Å²) in [6.45, 7) is 1.44. The lowest BCUT2D eigenvalue weighted by molar-refractivity contribution is 0.438. The smallest absolute Gasteiger partial charge is 0.138 e. The molecular formula is C9H10ClNO2. The number of fused-ring (bicyclic) bond motifs is 1. The van der Waals surface area contributed by atoms with Gasteiger partial charge in [-0.15, -0.1) is 0 Å². The highest BCUT2D eigenvalue weighted by Crippen LogP contribution is 2.37. The SMILES string of the molecule is Oc1cc(O)c2c(c1Cl)CCNC2. The third-order valence-electron chi connectivity index (χ3n) is 2.29. The second-order valence-corrected chi connectivity index (χ2v) is 3.49. The van der Waals surface area contributed by atoms with Crippen molar-refractivity contribution in [2.24, 2.45) is 0 Å². The van der Waals surface area contributed by atoms with E-state index in [4.69, 9.17) is 11.6 Å². The first-order valence-electron chi connectivity index (χ1n) is 4.13. The fourth-order valence-electron chi connectivity index (χ4n) is 1.61. The number of phenols is 2. The van der Waals surface area contributed by atoms with Gasteiger partial charge in [-0.25, -0.2) is 0 Å².